The molecule has 2 heterocycles. The van der Waals surface area contributed by atoms with Gasteiger partial charge in [0, 0.05) is 28.9 Å². The van der Waals surface area contributed by atoms with Crippen LogP contribution in [-0.2, 0) is 15.1 Å². The molecule has 33 heavy (non-hydrogen) atoms. The van der Waals surface area contributed by atoms with Crippen molar-refractivity contribution >= 4 is 40.1 Å². The van der Waals surface area contributed by atoms with E-state index in [1.807, 2.05) is 62.0 Å². The molecule has 3 rings (SSSR count). The summed E-state index contributed by atoms with van der Waals surface area (Å²) >= 11 is 1.32. The Labute approximate surface area is 197 Å². The topological polar surface area (TPSA) is 93.1 Å². The number of hydrogen-bond donors (Lipinski definition) is 2. The molecule has 0 fully saturated rings. The van der Waals surface area contributed by atoms with Gasteiger partial charge in [-0.05, 0) is 64.0 Å². The van der Waals surface area contributed by atoms with Crippen LogP contribution in [0.3, 0.4) is 0 Å². The molecule has 0 aliphatic heterocycles. The number of allylic oxidation sites excluding steroid dienone is 1. The molecule has 3 aromatic rings. The first-order valence-corrected chi connectivity index (χ1v) is 11.4. The SMILES string of the molecule is CC(=O)/C=C\c1ccc(-c2csc(NC(=O)CNC(=O)c3ccn(C(C)(C)C)c3)n2)cc1C. The van der Waals surface area contributed by atoms with Crippen LogP contribution in [0.2, 0.25) is 0 Å². The zero-order valence-corrected chi connectivity index (χ0v) is 20.2. The largest absolute Gasteiger partial charge is 0.348 e. The first-order valence-electron chi connectivity index (χ1n) is 10.5. The summed E-state index contributed by atoms with van der Waals surface area (Å²) in [5.74, 6) is -0.652. The molecule has 8 heteroatoms. The number of amides is 2. The van der Waals surface area contributed by atoms with Crippen LogP contribution in [0.25, 0.3) is 17.3 Å². The molecule has 0 aliphatic rings. The maximum absolute atomic E-state index is 12.3. The Morgan fingerprint density at radius 3 is 2.58 bits per heavy atom. The molecule has 2 N–H and O–H groups in total. The van der Waals surface area contributed by atoms with Crippen molar-refractivity contribution in [1.82, 2.24) is 14.9 Å². The monoisotopic (exact) mass is 464 g/mol. The number of ketones is 1. The summed E-state index contributed by atoms with van der Waals surface area (Å²) in [5.41, 5.74) is 4.03. The van der Waals surface area contributed by atoms with Crippen molar-refractivity contribution < 1.29 is 14.4 Å². The minimum atomic E-state index is -0.347. The summed E-state index contributed by atoms with van der Waals surface area (Å²) in [6, 6.07) is 7.58. The second kappa shape index (κ2) is 9.95. The van der Waals surface area contributed by atoms with Crippen LogP contribution < -0.4 is 10.6 Å². The molecule has 1 aromatic carbocycles. The highest BCUT2D eigenvalue weighted by Gasteiger charge is 2.16. The fraction of sp³-hybridized carbons (Fsp3) is 0.280. The maximum Gasteiger partial charge on any atom is 0.253 e. The summed E-state index contributed by atoms with van der Waals surface area (Å²) in [7, 11) is 0. The van der Waals surface area contributed by atoms with Crippen molar-refractivity contribution in [2.75, 3.05) is 11.9 Å². The van der Waals surface area contributed by atoms with Gasteiger partial charge in [0.25, 0.3) is 5.91 Å². The van der Waals surface area contributed by atoms with Gasteiger partial charge in [-0.25, -0.2) is 4.98 Å². The summed E-state index contributed by atoms with van der Waals surface area (Å²) in [4.78, 5) is 40.2. The van der Waals surface area contributed by atoms with E-state index in [2.05, 4.69) is 15.6 Å². The molecule has 0 saturated carbocycles. The summed E-state index contributed by atoms with van der Waals surface area (Å²) in [6.07, 6.45) is 6.95. The van der Waals surface area contributed by atoms with Gasteiger partial charge < -0.3 is 15.2 Å². The Morgan fingerprint density at radius 2 is 1.94 bits per heavy atom. The molecular formula is C25H28N4O3S. The van der Waals surface area contributed by atoms with Crippen molar-refractivity contribution in [1.29, 1.82) is 0 Å². The van der Waals surface area contributed by atoms with Gasteiger partial charge in [0.05, 0.1) is 17.8 Å². The van der Waals surface area contributed by atoms with Gasteiger partial charge in [-0.15, -0.1) is 11.3 Å². The highest BCUT2D eigenvalue weighted by molar-refractivity contribution is 7.14. The molecule has 172 valence electrons. The van der Waals surface area contributed by atoms with E-state index >= 15 is 0 Å². The molecule has 0 radical (unpaired) electrons. The van der Waals surface area contributed by atoms with Gasteiger partial charge in [-0.1, -0.05) is 18.2 Å². The normalized spacial score (nSPS) is 11.5. The Balaban J connectivity index is 1.57. The third-order valence-electron chi connectivity index (χ3n) is 4.95. The van der Waals surface area contributed by atoms with Gasteiger partial charge in [-0.2, -0.15) is 0 Å². The fourth-order valence-corrected chi connectivity index (χ4v) is 3.80. The van der Waals surface area contributed by atoms with E-state index < -0.39 is 0 Å². The number of thiazole rings is 1. The summed E-state index contributed by atoms with van der Waals surface area (Å²) < 4.78 is 1.95. The smallest absolute Gasteiger partial charge is 0.253 e. The van der Waals surface area contributed by atoms with E-state index in [1.54, 1.807) is 18.3 Å². The van der Waals surface area contributed by atoms with Crippen molar-refractivity contribution in [3.05, 3.63) is 64.8 Å². The lowest BCUT2D eigenvalue weighted by Gasteiger charge is -2.20. The van der Waals surface area contributed by atoms with Crippen molar-refractivity contribution in [2.45, 2.75) is 40.2 Å². The van der Waals surface area contributed by atoms with Crippen LogP contribution in [0.15, 0.2) is 48.1 Å². The molecule has 0 aliphatic carbocycles. The van der Waals surface area contributed by atoms with E-state index in [9.17, 15) is 14.4 Å². The first kappa shape index (κ1) is 24.1. The maximum atomic E-state index is 12.3. The van der Waals surface area contributed by atoms with Gasteiger partial charge in [-0.3, -0.25) is 14.4 Å². The molecule has 0 atom stereocenters. The Kier molecular flexibility index (Phi) is 7.28. The van der Waals surface area contributed by atoms with E-state index in [-0.39, 0.29) is 29.7 Å². The second-order valence-electron chi connectivity index (χ2n) is 8.76. The zero-order valence-electron chi connectivity index (χ0n) is 19.4. The number of rotatable bonds is 7. The molecule has 0 unspecified atom stereocenters. The third-order valence-corrected chi connectivity index (χ3v) is 5.71. The van der Waals surface area contributed by atoms with E-state index in [1.165, 1.54) is 24.3 Å². The van der Waals surface area contributed by atoms with Gasteiger partial charge >= 0.3 is 0 Å². The number of aryl methyl sites for hydroxylation is 1. The third kappa shape index (κ3) is 6.49. The van der Waals surface area contributed by atoms with Gasteiger partial charge in [0.15, 0.2) is 10.9 Å². The standard InChI is InChI=1S/C25H28N4O3S/c1-16-12-19(9-8-18(16)7-6-17(2)30)21-15-33-24(27-21)28-22(31)13-26-23(32)20-10-11-29(14-20)25(3,4)5/h6-12,14-15H,13H2,1-5H3,(H,26,32)(H,27,28,31)/b7-6-. The highest BCUT2D eigenvalue weighted by atomic mass is 32.1. The van der Waals surface area contributed by atoms with Crippen LogP contribution in [-0.4, -0.2) is 33.7 Å². The number of carbonyl (C=O) groups excluding carboxylic acids is 3. The van der Waals surface area contributed by atoms with Gasteiger partial charge in [0.2, 0.25) is 5.91 Å². The van der Waals surface area contributed by atoms with E-state index in [0.717, 1.165) is 22.4 Å². The molecule has 0 bridgehead atoms. The van der Waals surface area contributed by atoms with Crippen molar-refractivity contribution in [3.8, 4) is 11.3 Å². The van der Waals surface area contributed by atoms with Crippen LogP contribution in [0.1, 0.15) is 49.2 Å². The lowest BCUT2D eigenvalue weighted by atomic mass is 10.0. The number of benzene rings is 1. The fourth-order valence-electron chi connectivity index (χ4n) is 3.07. The Hall–Kier alpha value is -3.52. The van der Waals surface area contributed by atoms with Crippen LogP contribution in [0.4, 0.5) is 5.13 Å². The quantitative estimate of drug-likeness (QED) is 0.498. The number of aromatic nitrogens is 2. The number of anilines is 1. The van der Waals surface area contributed by atoms with E-state index in [4.69, 9.17) is 0 Å². The van der Waals surface area contributed by atoms with Crippen LogP contribution in [0.5, 0.6) is 0 Å². The number of hydrogen-bond acceptors (Lipinski definition) is 5. The molecule has 2 amide bonds. The lowest BCUT2D eigenvalue weighted by Crippen LogP contribution is -2.32. The second-order valence-corrected chi connectivity index (χ2v) is 9.62. The Bertz CT molecular complexity index is 1210. The number of nitrogens with one attached hydrogen (secondary N) is 2. The molecule has 0 spiro atoms. The zero-order chi connectivity index (χ0) is 24.2. The Morgan fingerprint density at radius 1 is 1.18 bits per heavy atom. The van der Waals surface area contributed by atoms with Gasteiger partial charge in [0.1, 0.15) is 0 Å². The number of nitrogens with zero attached hydrogens (tertiary/aromatic N) is 2. The van der Waals surface area contributed by atoms with Crippen molar-refractivity contribution in [2.24, 2.45) is 0 Å². The molecule has 2 aromatic heterocycles. The lowest BCUT2D eigenvalue weighted by molar-refractivity contribution is -0.115. The molecule has 0 saturated heterocycles. The molecule has 7 nitrogen and oxygen atoms in total. The van der Waals surface area contributed by atoms with Crippen LogP contribution in [0, 0.1) is 6.92 Å². The van der Waals surface area contributed by atoms with Crippen molar-refractivity contribution in [3.63, 3.8) is 0 Å². The minimum Gasteiger partial charge on any atom is -0.348 e. The predicted octanol–water partition coefficient (Wildman–Crippen LogP) is 4.65. The first-order chi connectivity index (χ1) is 15.5. The average molecular weight is 465 g/mol. The minimum absolute atomic E-state index is 0.00198. The predicted molar refractivity (Wildman–Crippen MR) is 132 cm³/mol. The van der Waals surface area contributed by atoms with Crippen LogP contribution >= 0.6 is 11.3 Å². The molecular weight excluding hydrogens is 436 g/mol. The van der Waals surface area contributed by atoms with E-state index in [0.29, 0.717) is 10.7 Å². The highest BCUT2D eigenvalue weighted by Crippen LogP contribution is 2.27. The summed E-state index contributed by atoms with van der Waals surface area (Å²) in [5, 5.41) is 7.69. The number of carbonyl (C=O) groups is 3. The summed E-state index contributed by atoms with van der Waals surface area (Å²) in [6.45, 7) is 9.48. The average Bonchev–Trinajstić information content (AvgIpc) is 3.41.